The minimum atomic E-state index is 0. The summed E-state index contributed by atoms with van der Waals surface area (Å²) in [7, 11) is 0. The molecule has 0 aromatic carbocycles. The summed E-state index contributed by atoms with van der Waals surface area (Å²) in [5.74, 6) is 0. The van der Waals surface area contributed by atoms with Crippen LogP contribution < -0.4 is 0 Å². The molecule has 0 fully saturated rings. The van der Waals surface area contributed by atoms with E-state index >= 15 is 0 Å². The molecule has 9 heteroatoms. The van der Waals surface area contributed by atoms with Crippen LogP contribution in [-0.2, 0) is 21.7 Å². The summed E-state index contributed by atoms with van der Waals surface area (Å²) >= 11 is 0. The molecule has 0 bridgehead atoms. The van der Waals surface area contributed by atoms with Gasteiger partial charge >= 0.3 is 0 Å². The third kappa shape index (κ3) is 153. The molecule has 0 aliphatic heterocycles. The van der Waals surface area contributed by atoms with Gasteiger partial charge in [0.25, 0.3) is 0 Å². The standard InChI is InChI=1S/8C8H18O.Ti/c8*1-2-3-4-5-6-7-8-9;/h8*9H,2-8H2,1H3;. The molecule has 0 saturated heterocycles. The van der Waals surface area contributed by atoms with Gasteiger partial charge < -0.3 is 40.9 Å². The third-order valence-electron chi connectivity index (χ3n) is 12.1. The summed E-state index contributed by atoms with van der Waals surface area (Å²) in [5, 5.41) is 67.4. The molecule has 0 rings (SSSR count). The molecular weight excluding hydrogens is 945 g/mol. The van der Waals surface area contributed by atoms with Gasteiger partial charge in [-0.2, -0.15) is 0 Å². The summed E-state index contributed by atoms with van der Waals surface area (Å²) in [5.41, 5.74) is 0. The van der Waals surface area contributed by atoms with Crippen LogP contribution in [0.5, 0.6) is 0 Å². The van der Waals surface area contributed by atoms with Crippen LogP contribution in [-0.4, -0.2) is 93.7 Å². The number of aliphatic hydroxyl groups is 8. The first kappa shape index (κ1) is 92.8. The summed E-state index contributed by atoms with van der Waals surface area (Å²) in [6.45, 7) is 20.7. The molecule has 0 saturated carbocycles. The maximum atomic E-state index is 8.42. The van der Waals surface area contributed by atoms with Crippen LogP contribution in [0, 0.1) is 0 Å². The van der Waals surface area contributed by atoms with Crippen LogP contribution in [0.2, 0.25) is 0 Å². The maximum absolute atomic E-state index is 8.42. The molecule has 0 unspecified atom stereocenters. The molecule has 0 aromatic heterocycles. The van der Waals surface area contributed by atoms with Crippen molar-refractivity contribution in [1.29, 1.82) is 0 Å². The number of aliphatic hydroxyl groups excluding tert-OH is 8. The van der Waals surface area contributed by atoms with Crippen LogP contribution >= 0.6 is 0 Å². The van der Waals surface area contributed by atoms with Crippen molar-refractivity contribution in [2.45, 2.75) is 364 Å². The molecule has 0 spiro atoms. The molecule has 452 valence electrons. The van der Waals surface area contributed by atoms with Gasteiger partial charge in [0.2, 0.25) is 0 Å². The second-order valence-corrected chi connectivity index (χ2v) is 19.9. The molecule has 0 atom stereocenters. The van der Waals surface area contributed by atoms with Crippen LogP contribution in [0.15, 0.2) is 0 Å². The Kier molecular flexibility index (Phi) is 147. The van der Waals surface area contributed by atoms with E-state index in [0.29, 0.717) is 52.9 Å². The van der Waals surface area contributed by atoms with Gasteiger partial charge in [-0.25, -0.2) is 0 Å². The van der Waals surface area contributed by atoms with Gasteiger partial charge in [-0.05, 0) is 51.4 Å². The van der Waals surface area contributed by atoms with Crippen LogP contribution in [0.1, 0.15) is 364 Å². The summed E-state index contributed by atoms with van der Waals surface area (Å²) < 4.78 is 0. The van der Waals surface area contributed by atoms with Crippen molar-refractivity contribution in [3.05, 3.63) is 0 Å². The van der Waals surface area contributed by atoms with E-state index in [-0.39, 0.29) is 21.7 Å². The zero-order valence-electron chi connectivity index (χ0n) is 51.7. The second-order valence-electron chi connectivity index (χ2n) is 19.9. The number of hydrogen-bond donors (Lipinski definition) is 8. The smallest absolute Gasteiger partial charge is 0.0431 e. The number of hydrogen-bond acceptors (Lipinski definition) is 8. The monoisotopic (exact) mass is 1090 g/mol. The Hall–Kier alpha value is 0.394. The Labute approximate surface area is 476 Å². The largest absolute Gasteiger partial charge is 0.396 e. The van der Waals surface area contributed by atoms with E-state index in [1.165, 1.54) is 257 Å². The van der Waals surface area contributed by atoms with E-state index in [9.17, 15) is 0 Å². The van der Waals surface area contributed by atoms with Crippen LogP contribution in [0.4, 0.5) is 0 Å². The van der Waals surface area contributed by atoms with E-state index < -0.39 is 0 Å². The first-order chi connectivity index (χ1) is 35.3. The second kappa shape index (κ2) is 116. The first-order valence-electron chi connectivity index (χ1n) is 32.2. The molecule has 0 aliphatic carbocycles. The van der Waals surface area contributed by atoms with Crippen molar-refractivity contribution < 1.29 is 62.6 Å². The fourth-order valence-electron chi connectivity index (χ4n) is 7.14. The van der Waals surface area contributed by atoms with Crippen molar-refractivity contribution in [3.63, 3.8) is 0 Å². The van der Waals surface area contributed by atoms with Crippen molar-refractivity contribution in [2.75, 3.05) is 52.9 Å². The Bertz CT molecular complexity index is 478. The molecule has 0 radical (unpaired) electrons. The minimum Gasteiger partial charge on any atom is -0.396 e. The summed E-state index contributed by atoms with van der Waals surface area (Å²) in [6, 6.07) is 0. The van der Waals surface area contributed by atoms with Gasteiger partial charge in [0.15, 0.2) is 0 Å². The SMILES string of the molecule is CCCCCCCCO.CCCCCCCCO.CCCCCCCCO.CCCCCCCCO.CCCCCCCCO.CCCCCCCCO.CCCCCCCCO.CCCCCCCCO.[Ti]. The number of unbranched alkanes of at least 4 members (excludes halogenated alkanes) is 40. The Morgan fingerprint density at radius 3 is 0.260 bits per heavy atom. The molecule has 8 nitrogen and oxygen atoms in total. The van der Waals surface area contributed by atoms with E-state index in [1.807, 2.05) is 0 Å². The van der Waals surface area contributed by atoms with Gasteiger partial charge in [0, 0.05) is 74.6 Å². The summed E-state index contributed by atoms with van der Waals surface area (Å²) in [4.78, 5) is 0. The fraction of sp³-hybridized carbons (Fsp3) is 1.00. The average Bonchev–Trinajstić information content (AvgIpc) is 3.40. The van der Waals surface area contributed by atoms with E-state index in [0.717, 1.165) is 51.4 Å². The molecule has 0 aliphatic rings. The van der Waals surface area contributed by atoms with Crippen molar-refractivity contribution in [1.82, 2.24) is 0 Å². The van der Waals surface area contributed by atoms with E-state index in [1.54, 1.807) is 0 Å². The predicted molar refractivity (Wildman–Crippen MR) is 324 cm³/mol. The van der Waals surface area contributed by atoms with Gasteiger partial charge in [-0.15, -0.1) is 0 Å². The van der Waals surface area contributed by atoms with Crippen molar-refractivity contribution >= 4 is 0 Å². The first-order valence-corrected chi connectivity index (χ1v) is 32.2. The molecule has 8 N–H and O–H groups in total. The van der Waals surface area contributed by atoms with Gasteiger partial charge in [-0.1, -0.05) is 312 Å². The zero-order chi connectivity index (χ0) is 55.6. The third-order valence-corrected chi connectivity index (χ3v) is 12.1. The zero-order valence-corrected chi connectivity index (χ0v) is 53.2. The molecule has 0 heterocycles. The number of rotatable bonds is 48. The van der Waals surface area contributed by atoms with Crippen molar-refractivity contribution in [2.24, 2.45) is 0 Å². The average molecular weight is 1090 g/mol. The molecule has 73 heavy (non-hydrogen) atoms. The fourth-order valence-corrected chi connectivity index (χ4v) is 7.14. The normalized spacial score (nSPS) is 9.86. The summed E-state index contributed by atoms with van der Waals surface area (Å²) in [6.07, 6.45) is 60.0. The van der Waals surface area contributed by atoms with Crippen molar-refractivity contribution in [3.8, 4) is 0 Å². The van der Waals surface area contributed by atoms with E-state index in [4.69, 9.17) is 40.9 Å². The Morgan fingerprint density at radius 2 is 0.192 bits per heavy atom. The molecular formula is C64H144O8Ti. The van der Waals surface area contributed by atoms with Gasteiger partial charge in [0.1, 0.15) is 0 Å². The Morgan fingerprint density at radius 1 is 0.123 bits per heavy atom. The predicted octanol–water partition coefficient (Wildman–Crippen LogP) is 18.7. The minimum absolute atomic E-state index is 0. The van der Waals surface area contributed by atoms with Crippen LogP contribution in [0.25, 0.3) is 0 Å². The van der Waals surface area contributed by atoms with Gasteiger partial charge in [0.05, 0.1) is 0 Å². The molecule has 0 aromatic rings. The quantitative estimate of drug-likeness (QED) is 0.0221. The topological polar surface area (TPSA) is 162 Å². The molecule has 0 amide bonds. The van der Waals surface area contributed by atoms with E-state index in [2.05, 4.69) is 55.4 Å². The maximum Gasteiger partial charge on any atom is 0.0431 e. The van der Waals surface area contributed by atoms with Gasteiger partial charge in [-0.3, -0.25) is 0 Å². The van der Waals surface area contributed by atoms with Crippen LogP contribution in [0.3, 0.4) is 0 Å². The Balaban J connectivity index is -0.0000000914.